The van der Waals surface area contributed by atoms with Crippen molar-refractivity contribution in [1.82, 2.24) is 5.32 Å². The molecule has 2 rings (SSSR count). The minimum atomic E-state index is 0. The van der Waals surface area contributed by atoms with Crippen molar-refractivity contribution < 1.29 is 4.79 Å². The summed E-state index contributed by atoms with van der Waals surface area (Å²) in [6, 6.07) is 16.1. The lowest BCUT2D eigenvalue weighted by Crippen LogP contribution is -2.28. The Morgan fingerprint density at radius 3 is 2.39 bits per heavy atom. The summed E-state index contributed by atoms with van der Waals surface area (Å²) in [6.07, 6.45) is 2.00. The molecule has 0 aromatic heterocycles. The molecule has 124 valence electrons. The molecule has 2 aromatic carbocycles. The van der Waals surface area contributed by atoms with Crippen molar-refractivity contribution in [2.75, 3.05) is 5.73 Å². The minimum absolute atomic E-state index is 0. The van der Waals surface area contributed by atoms with E-state index < -0.39 is 0 Å². The summed E-state index contributed by atoms with van der Waals surface area (Å²) >= 11 is 0. The molecule has 1 amide bonds. The zero-order valence-electron chi connectivity index (χ0n) is 13.7. The molecular weight excluding hydrogens is 308 g/mol. The fourth-order valence-corrected chi connectivity index (χ4v) is 2.50. The van der Waals surface area contributed by atoms with Gasteiger partial charge in [0.05, 0.1) is 6.04 Å². The number of carbonyl (C=O) groups is 1. The lowest BCUT2D eigenvalue weighted by Gasteiger charge is -2.18. The summed E-state index contributed by atoms with van der Waals surface area (Å²) in [7, 11) is 0. The van der Waals surface area contributed by atoms with Crippen LogP contribution >= 0.6 is 12.4 Å². The van der Waals surface area contributed by atoms with Gasteiger partial charge in [0.25, 0.3) is 0 Å². The van der Waals surface area contributed by atoms with Crippen LogP contribution in [0.3, 0.4) is 0 Å². The Morgan fingerprint density at radius 1 is 1.13 bits per heavy atom. The number of halogens is 1. The van der Waals surface area contributed by atoms with Crippen LogP contribution in [-0.2, 0) is 11.2 Å². The minimum Gasteiger partial charge on any atom is -0.399 e. The van der Waals surface area contributed by atoms with E-state index >= 15 is 0 Å². The first kappa shape index (κ1) is 19.0. The summed E-state index contributed by atoms with van der Waals surface area (Å²) in [4.78, 5) is 12.2. The van der Waals surface area contributed by atoms with Crippen molar-refractivity contribution in [3.8, 4) is 0 Å². The molecule has 3 N–H and O–H groups in total. The van der Waals surface area contributed by atoms with Crippen LogP contribution in [0.2, 0.25) is 0 Å². The number of hydrogen-bond donors (Lipinski definition) is 2. The zero-order chi connectivity index (χ0) is 15.9. The van der Waals surface area contributed by atoms with E-state index in [1.807, 2.05) is 24.3 Å². The van der Waals surface area contributed by atoms with Crippen LogP contribution in [0.4, 0.5) is 5.69 Å². The maximum Gasteiger partial charge on any atom is 0.220 e. The summed E-state index contributed by atoms with van der Waals surface area (Å²) in [5, 5.41) is 3.11. The van der Waals surface area contributed by atoms with Crippen molar-refractivity contribution >= 4 is 24.0 Å². The average molecular weight is 333 g/mol. The number of aryl methyl sites for hydroxylation is 2. The van der Waals surface area contributed by atoms with Crippen molar-refractivity contribution in [1.29, 1.82) is 0 Å². The number of para-hydroxylation sites is 1. The average Bonchev–Trinajstić information content (AvgIpc) is 2.53. The van der Waals surface area contributed by atoms with Crippen LogP contribution in [0.1, 0.15) is 42.5 Å². The third-order valence-electron chi connectivity index (χ3n) is 3.90. The van der Waals surface area contributed by atoms with E-state index in [-0.39, 0.29) is 24.4 Å². The van der Waals surface area contributed by atoms with E-state index in [9.17, 15) is 4.79 Å². The van der Waals surface area contributed by atoms with E-state index in [1.165, 1.54) is 5.56 Å². The normalized spacial score (nSPS) is 11.4. The van der Waals surface area contributed by atoms with Crippen LogP contribution in [0.25, 0.3) is 0 Å². The Hall–Kier alpha value is -2.00. The van der Waals surface area contributed by atoms with E-state index in [0.29, 0.717) is 12.8 Å². The number of nitrogens with two attached hydrogens (primary N) is 1. The molecule has 0 fully saturated rings. The summed E-state index contributed by atoms with van der Waals surface area (Å²) in [5.74, 6) is 0.0654. The van der Waals surface area contributed by atoms with E-state index in [1.54, 1.807) is 0 Å². The molecule has 0 heterocycles. The smallest absolute Gasteiger partial charge is 0.220 e. The molecule has 0 spiro atoms. The van der Waals surface area contributed by atoms with Crippen molar-refractivity contribution in [2.45, 2.75) is 39.2 Å². The molecule has 0 bridgehead atoms. The lowest BCUT2D eigenvalue weighted by molar-refractivity contribution is -0.121. The van der Waals surface area contributed by atoms with Crippen LogP contribution in [0.15, 0.2) is 48.5 Å². The van der Waals surface area contributed by atoms with Crippen molar-refractivity contribution in [2.24, 2.45) is 0 Å². The van der Waals surface area contributed by atoms with Crippen LogP contribution < -0.4 is 11.1 Å². The number of hydrogen-bond acceptors (Lipinski definition) is 2. The predicted molar refractivity (Wildman–Crippen MR) is 98.8 cm³/mol. The van der Waals surface area contributed by atoms with Gasteiger partial charge in [-0.15, -0.1) is 12.4 Å². The Balaban J connectivity index is 0.00000264. The SMILES string of the molecule is CCC(NC(=O)CCc1ccccc1N)c1ccc(C)cc1.Cl. The predicted octanol–water partition coefficient (Wildman–Crippen LogP) is 4.20. The topological polar surface area (TPSA) is 55.1 Å². The zero-order valence-corrected chi connectivity index (χ0v) is 14.5. The molecule has 4 heteroatoms. The molecule has 1 unspecified atom stereocenters. The van der Waals surface area contributed by atoms with Crippen LogP contribution in [0, 0.1) is 6.92 Å². The van der Waals surface area contributed by atoms with Crippen LogP contribution in [0.5, 0.6) is 0 Å². The molecule has 2 aromatic rings. The molecule has 23 heavy (non-hydrogen) atoms. The fraction of sp³-hybridized carbons (Fsp3) is 0.316. The Kier molecular flexibility index (Phi) is 7.63. The first-order valence-electron chi connectivity index (χ1n) is 7.79. The lowest BCUT2D eigenvalue weighted by atomic mass is 10.0. The number of benzene rings is 2. The molecular formula is C19H25ClN2O. The Bertz CT molecular complexity index is 626. The molecule has 0 aliphatic heterocycles. The van der Waals surface area contributed by atoms with E-state index in [4.69, 9.17) is 5.73 Å². The van der Waals surface area contributed by atoms with Crippen LogP contribution in [-0.4, -0.2) is 5.91 Å². The third-order valence-corrected chi connectivity index (χ3v) is 3.90. The van der Waals surface area contributed by atoms with Gasteiger partial charge in [-0.3, -0.25) is 4.79 Å². The number of nitrogens with one attached hydrogen (secondary N) is 1. The highest BCUT2D eigenvalue weighted by Crippen LogP contribution is 2.18. The Morgan fingerprint density at radius 2 is 1.78 bits per heavy atom. The number of carbonyl (C=O) groups excluding carboxylic acids is 1. The molecule has 1 atom stereocenters. The number of nitrogen functional groups attached to an aromatic ring is 1. The summed E-state index contributed by atoms with van der Waals surface area (Å²) in [6.45, 7) is 4.15. The molecule has 0 radical (unpaired) electrons. The van der Waals surface area contributed by atoms with Gasteiger partial charge < -0.3 is 11.1 Å². The molecule has 3 nitrogen and oxygen atoms in total. The highest BCUT2D eigenvalue weighted by Gasteiger charge is 2.12. The molecule has 0 saturated heterocycles. The molecule has 0 aliphatic rings. The second kappa shape index (κ2) is 9.21. The molecule has 0 aliphatic carbocycles. The highest BCUT2D eigenvalue weighted by molar-refractivity contribution is 5.85. The summed E-state index contributed by atoms with van der Waals surface area (Å²) < 4.78 is 0. The second-order valence-corrected chi connectivity index (χ2v) is 5.64. The van der Waals surface area contributed by atoms with E-state index in [2.05, 4.69) is 43.4 Å². The number of rotatable bonds is 6. The largest absolute Gasteiger partial charge is 0.399 e. The quantitative estimate of drug-likeness (QED) is 0.779. The van der Waals surface area contributed by atoms with Gasteiger partial charge in [0.15, 0.2) is 0 Å². The fourth-order valence-electron chi connectivity index (χ4n) is 2.50. The third kappa shape index (κ3) is 5.61. The van der Waals surface area contributed by atoms with Gasteiger partial charge in [-0.05, 0) is 37.0 Å². The van der Waals surface area contributed by atoms with Gasteiger partial charge >= 0.3 is 0 Å². The van der Waals surface area contributed by atoms with Gasteiger partial charge in [0.1, 0.15) is 0 Å². The van der Waals surface area contributed by atoms with Gasteiger partial charge in [0, 0.05) is 12.1 Å². The first-order chi connectivity index (χ1) is 10.6. The molecule has 0 saturated carbocycles. The number of amides is 1. The summed E-state index contributed by atoms with van der Waals surface area (Å²) in [5.41, 5.74) is 10.1. The maximum atomic E-state index is 12.2. The van der Waals surface area contributed by atoms with Gasteiger partial charge in [-0.2, -0.15) is 0 Å². The van der Waals surface area contributed by atoms with Gasteiger partial charge in [0.2, 0.25) is 5.91 Å². The second-order valence-electron chi connectivity index (χ2n) is 5.64. The number of anilines is 1. The monoisotopic (exact) mass is 332 g/mol. The Labute approximate surface area is 144 Å². The van der Waals surface area contributed by atoms with E-state index in [0.717, 1.165) is 23.2 Å². The highest BCUT2D eigenvalue weighted by atomic mass is 35.5. The van der Waals surface area contributed by atoms with Crippen molar-refractivity contribution in [3.63, 3.8) is 0 Å². The van der Waals surface area contributed by atoms with Gasteiger partial charge in [-0.25, -0.2) is 0 Å². The maximum absolute atomic E-state index is 12.2. The first-order valence-corrected chi connectivity index (χ1v) is 7.79. The van der Waals surface area contributed by atoms with Gasteiger partial charge in [-0.1, -0.05) is 55.0 Å². The standard InChI is InChI=1S/C19H24N2O.ClH/c1-3-18(16-10-8-14(2)9-11-16)21-19(22)13-12-15-6-4-5-7-17(15)20;/h4-11,18H,3,12-13,20H2,1-2H3,(H,21,22);1H. The van der Waals surface area contributed by atoms with Crippen molar-refractivity contribution in [3.05, 3.63) is 65.2 Å².